The van der Waals surface area contributed by atoms with Gasteiger partial charge in [0.2, 0.25) is 10.0 Å². The van der Waals surface area contributed by atoms with Gasteiger partial charge < -0.3 is 20.5 Å². The Morgan fingerprint density at radius 1 is 1.03 bits per heavy atom. The van der Waals surface area contributed by atoms with E-state index in [1.54, 1.807) is 27.7 Å². The lowest BCUT2D eigenvalue weighted by Crippen LogP contribution is -2.55. The second-order valence-electron chi connectivity index (χ2n) is 10.6. The highest BCUT2D eigenvalue weighted by atomic mass is 32.2. The average molecular weight is 512 g/mol. The summed E-state index contributed by atoms with van der Waals surface area (Å²) >= 11 is 0. The van der Waals surface area contributed by atoms with Crippen LogP contribution in [0.15, 0.2) is 11.0 Å². The van der Waals surface area contributed by atoms with Gasteiger partial charge in [0.25, 0.3) is 5.91 Å². The fourth-order valence-corrected chi connectivity index (χ4v) is 6.59. The van der Waals surface area contributed by atoms with Crippen molar-refractivity contribution in [1.29, 1.82) is 0 Å². The molecule has 2 unspecified atom stereocenters. The van der Waals surface area contributed by atoms with Crippen LogP contribution in [0.25, 0.3) is 0 Å². The molecule has 1 fully saturated rings. The number of aryl methyl sites for hydroxylation is 2. The molecule has 1 aliphatic rings. The van der Waals surface area contributed by atoms with Crippen LogP contribution in [0.4, 0.5) is 4.79 Å². The van der Waals surface area contributed by atoms with Crippen molar-refractivity contribution >= 4 is 22.0 Å². The Labute approximate surface area is 209 Å². The molecular formula is C25H41N3O6S. The van der Waals surface area contributed by atoms with Crippen LogP contribution in [0.2, 0.25) is 0 Å². The maximum absolute atomic E-state index is 13.3. The van der Waals surface area contributed by atoms with Crippen LogP contribution < -0.4 is 15.4 Å². The van der Waals surface area contributed by atoms with Gasteiger partial charge in [-0.25, -0.2) is 17.9 Å². The summed E-state index contributed by atoms with van der Waals surface area (Å²) in [5.41, 5.74) is 2.74. The second-order valence-corrected chi connectivity index (χ2v) is 12.2. The van der Waals surface area contributed by atoms with Crippen LogP contribution in [0.1, 0.15) is 68.7 Å². The van der Waals surface area contributed by atoms with Crippen LogP contribution in [-0.2, 0) is 19.6 Å². The van der Waals surface area contributed by atoms with Crippen molar-refractivity contribution in [2.75, 3.05) is 7.05 Å². The SMILES string of the molecule is CNC(=O)C(O)C(NC(=O)OC(C)(C)C)C1CCC(NS(=O)(=O)c2c(C)cc(C)c(C)c2C)CC1. The molecule has 35 heavy (non-hydrogen) atoms. The van der Waals surface area contributed by atoms with Crippen LogP contribution in [-0.4, -0.2) is 56.4 Å². The van der Waals surface area contributed by atoms with Gasteiger partial charge in [-0.15, -0.1) is 0 Å². The van der Waals surface area contributed by atoms with Gasteiger partial charge in [-0.3, -0.25) is 4.79 Å². The predicted molar refractivity (Wildman–Crippen MR) is 135 cm³/mol. The number of hydrogen-bond acceptors (Lipinski definition) is 6. The van der Waals surface area contributed by atoms with E-state index >= 15 is 0 Å². The number of likely N-dealkylation sites (N-methyl/N-ethyl adjacent to an activating group) is 1. The van der Waals surface area contributed by atoms with Gasteiger partial charge in [-0.2, -0.15) is 0 Å². The zero-order chi connectivity index (χ0) is 26.7. The number of nitrogens with one attached hydrogen (secondary N) is 3. The van der Waals surface area contributed by atoms with E-state index in [9.17, 15) is 23.1 Å². The van der Waals surface area contributed by atoms with E-state index in [1.165, 1.54) is 7.05 Å². The second kappa shape index (κ2) is 11.3. The lowest BCUT2D eigenvalue weighted by atomic mass is 9.80. The zero-order valence-corrected chi connectivity index (χ0v) is 22.9. The lowest BCUT2D eigenvalue weighted by Gasteiger charge is -2.36. The van der Waals surface area contributed by atoms with Crippen LogP contribution >= 0.6 is 0 Å². The molecule has 0 spiro atoms. The number of benzene rings is 1. The highest BCUT2D eigenvalue weighted by Crippen LogP contribution is 2.31. The fourth-order valence-electron chi connectivity index (χ4n) is 4.76. The van der Waals surface area contributed by atoms with E-state index in [-0.39, 0.29) is 12.0 Å². The highest BCUT2D eigenvalue weighted by molar-refractivity contribution is 7.89. The number of amides is 2. The van der Waals surface area contributed by atoms with Crippen molar-refractivity contribution in [2.24, 2.45) is 5.92 Å². The minimum Gasteiger partial charge on any atom is -0.444 e. The topological polar surface area (TPSA) is 134 Å². The molecule has 1 aliphatic carbocycles. The van der Waals surface area contributed by atoms with Crippen molar-refractivity contribution < 1.29 is 27.9 Å². The Morgan fingerprint density at radius 3 is 2.11 bits per heavy atom. The maximum Gasteiger partial charge on any atom is 0.407 e. The summed E-state index contributed by atoms with van der Waals surface area (Å²) in [6, 6.07) is 0.753. The van der Waals surface area contributed by atoms with E-state index in [1.807, 2.05) is 26.8 Å². The smallest absolute Gasteiger partial charge is 0.407 e. The molecule has 0 heterocycles. The molecule has 0 aromatic heterocycles. The van der Waals surface area contributed by atoms with E-state index in [2.05, 4.69) is 15.4 Å². The van der Waals surface area contributed by atoms with Crippen LogP contribution in [0.5, 0.6) is 0 Å². The number of aliphatic hydroxyl groups is 1. The van der Waals surface area contributed by atoms with E-state index in [0.717, 1.165) is 16.7 Å². The normalized spacial score (nSPS) is 20.6. The first-order valence-electron chi connectivity index (χ1n) is 12.1. The molecule has 198 valence electrons. The summed E-state index contributed by atoms with van der Waals surface area (Å²) in [5, 5.41) is 15.7. The number of carbonyl (C=O) groups excluding carboxylic acids is 2. The van der Waals surface area contributed by atoms with Gasteiger partial charge in [0.05, 0.1) is 10.9 Å². The molecular weight excluding hydrogens is 470 g/mol. The lowest BCUT2D eigenvalue weighted by molar-refractivity contribution is -0.131. The van der Waals surface area contributed by atoms with Gasteiger partial charge >= 0.3 is 6.09 Å². The summed E-state index contributed by atoms with van der Waals surface area (Å²) in [5.74, 6) is -0.824. The van der Waals surface area contributed by atoms with Crippen LogP contribution in [0.3, 0.4) is 0 Å². The molecule has 9 nitrogen and oxygen atoms in total. The van der Waals surface area contributed by atoms with Crippen molar-refractivity contribution in [3.05, 3.63) is 28.3 Å². The largest absolute Gasteiger partial charge is 0.444 e. The fraction of sp³-hybridized carbons (Fsp3) is 0.680. The van der Waals surface area contributed by atoms with Gasteiger partial charge in [0.15, 0.2) is 6.10 Å². The van der Waals surface area contributed by atoms with Crippen molar-refractivity contribution in [3.8, 4) is 0 Å². The Kier molecular flexibility index (Phi) is 9.35. The van der Waals surface area contributed by atoms with Gasteiger partial charge in [0, 0.05) is 13.1 Å². The first-order valence-corrected chi connectivity index (χ1v) is 13.5. The summed E-state index contributed by atoms with van der Waals surface area (Å²) in [7, 11) is -2.31. The third-order valence-electron chi connectivity index (χ3n) is 6.69. The first-order chi connectivity index (χ1) is 16.1. The summed E-state index contributed by atoms with van der Waals surface area (Å²) < 4.78 is 34.7. The summed E-state index contributed by atoms with van der Waals surface area (Å²) in [6.07, 6.45) is -0.0979. The molecule has 0 radical (unpaired) electrons. The number of hydrogen-bond donors (Lipinski definition) is 4. The Balaban J connectivity index is 2.14. The molecule has 2 amide bonds. The molecule has 0 saturated heterocycles. The number of carbonyl (C=O) groups is 2. The molecule has 2 rings (SSSR count). The Bertz CT molecular complexity index is 1040. The third-order valence-corrected chi connectivity index (χ3v) is 8.50. The Morgan fingerprint density at radius 2 is 1.60 bits per heavy atom. The number of aliphatic hydroxyl groups excluding tert-OH is 1. The third kappa shape index (κ3) is 7.41. The number of rotatable bonds is 7. The summed E-state index contributed by atoms with van der Waals surface area (Å²) in [6.45, 7) is 12.7. The standard InChI is InChI=1S/C25H41N3O6S/c1-14-13-15(2)22(17(4)16(14)3)35(32,33)28-19-11-9-18(10-12-19)20(21(29)23(30)26-8)27-24(31)34-25(5,6)7/h13,18-21,28-29H,9-12H2,1-8H3,(H,26,30)(H,27,31). The monoisotopic (exact) mass is 511 g/mol. The van der Waals surface area contributed by atoms with E-state index in [4.69, 9.17) is 4.74 Å². The van der Waals surface area contributed by atoms with Crippen molar-refractivity contribution in [2.45, 2.75) is 103 Å². The summed E-state index contributed by atoms with van der Waals surface area (Å²) in [4.78, 5) is 24.8. The highest BCUT2D eigenvalue weighted by Gasteiger charge is 2.38. The quantitative estimate of drug-likeness (QED) is 0.445. The van der Waals surface area contributed by atoms with Gasteiger partial charge in [-0.1, -0.05) is 6.07 Å². The van der Waals surface area contributed by atoms with Gasteiger partial charge in [-0.05, 0) is 102 Å². The van der Waals surface area contributed by atoms with E-state index in [0.29, 0.717) is 36.1 Å². The molecule has 2 atom stereocenters. The maximum atomic E-state index is 13.3. The number of ether oxygens (including phenoxy) is 1. The molecule has 0 aliphatic heterocycles. The van der Waals surface area contributed by atoms with Crippen molar-refractivity contribution in [1.82, 2.24) is 15.4 Å². The molecule has 1 aromatic carbocycles. The average Bonchev–Trinajstić information content (AvgIpc) is 2.73. The Hall–Kier alpha value is -2.17. The number of alkyl carbamates (subject to hydrolysis) is 1. The predicted octanol–water partition coefficient (Wildman–Crippen LogP) is 2.76. The molecule has 10 heteroatoms. The minimum absolute atomic E-state index is 0.222. The number of sulfonamides is 1. The molecule has 1 saturated carbocycles. The minimum atomic E-state index is -3.72. The van der Waals surface area contributed by atoms with Crippen molar-refractivity contribution in [3.63, 3.8) is 0 Å². The molecule has 4 N–H and O–H groups in total. The first kappa shape index (κ1) is 29.1. The molecule has 0 bridgehead atoms. The van der Waals surface area contributed by atoms with E-state index < -0.39 is 39.8 Å². The van der Waals surface area contributed by atoms with Gasteiger partial charge in [0.1, 0.15) is 5.60 Å². The van der Waals surface area contributed by atoms with Crippen LogP contribution in [0, 0.1) is 33.6 Å². The zero-order valence-electron chi connectivity index (χ0n) is 22.1. The molecule has 1 aromatic rings.